The maximum absolute atomic E-state index is 13.2. The van der Waals surface area contributed by atoms with Crippen molar-refractivity contribution >= 4 is 11.8 Å². The van der Waals surface area contributed by atoms with Crippen LogP contribution in [0.2, 0.25) is 0 Å². The summed E-state index contributed by atoms with van der Waals surface area (Å²) in [5, 5.41) is 9.99. The Hall–Kier alpha value is -4.66. The van der Waals surface area contributed by atoms with Crippen molar-refractivity contribution in [2.75, 3.05) is 7.11 Å². The molecule has 2 N–H and O–H groups in total. The lowest BCUT2D eigenvalue weighted by molar-refractivity contribution is 0.0948. The minimum Gasteiger partial charge on any atom is -0.497 e. The topological polar surface area (TPSA) is 107 Å². The highest BCUT2D eigenvalue weighted by molar-refractivity contribution is 5.99. The van der Waals surface area contributed by atoms with Gasteiger partial charge >= 0.3 is 0 Å². The van der Waals surface area contributed by atoms with E-state index in [-0.39, 0.29) is 23.7 Å². The van der Waals surface area contributed by atoms with Crippen molar-refractivity contribution < 1.29 is 14.3 Å². The van der Waals surface area contributed by atoms with E-state index in [2.05, 4.69) is 15.7 Å². The molecule has 1 aliphatic rings. The van der Waals surface area contributed by atoms with E-state index in [4.69, 9.17) is 4.74 Å². The second kappa shape index (κ2) is 10.5. The predicted octanol–water partition coefficient (Wildman–Crippen LogP) is 2.91. The molecule has 0 atom stereocenters. The first-order valence-electron chi connectivity index (χ1n) is 12.0. The highest BCUT2D eigenvalue weighted by Gasteiger charge is 2.26. The Morgan fingerprint density at radius 2 is 1.73 bits per heavy atom. The zero-order chi connectivity index (χ0) is 25.8. The van der Waals surface area contributed by atoms with Gasteiger partial charge in [0.15, 0.2) is 0 Å². The van der Waals surface area contributed by atoms with Gasteiger partial charge in [-0.1, -0.05) is 36.4 Å². The lowest BCUT2D eigenvalue weighted by Gasteiger charge is -2.12. The van der Waals surface area contributed by atoms with Crippen LogP contribution in [0.1, 0.15) is 44.7 Å². The van der Waals surface area contributed by atoms with E-state index in [9.17, 15) is 14.4 Å². The lowest BCUT2D eigenvalue weighted by Crippen LogP contribution is -2.36. The molecule has 2 aromatic heterocycles. The average molecular weight is 498 g/mol. The second-order valence-electron chi connectivity index (χ2n) is 9.00. The third-order valence-corrected chi connectivity index (χ3v) is 6.10. The Balaban J connectivity index is 1.36. The summed E-state index contributed by atoms with van der Waals surface area (Å²) in [4.78, 5) is 39.1. The number of rotatable bonds is 9. The van der Waals surface area contributed by atoms with Gasteiger partial charge in [0.2, 0.25) is 5.43 Å². The minimum absolute atomic E-state index is 0.0404. The van der Waals surface area contributed by atoms with Gasteiger partial charge in [-0.15, -0.1) is 0 Å². The van der Waals surface area contributed by atoms with Gasteiger partial charge in [-0.05, 0) is 30.5 Å². The van der Waals surface area contributed by atoms with E-state index in [1.54, 1.807) is 28.8 Å². The van der Waals surface area contributed by atoms with Crippen LogP contribution in [0.25, 0.3) is 5.69 Å². The van der Waals surface area contributed by atoms with Crippen LogP contribution in [-0.2, 0) is 13.1 Å². The SMILES string of the molecule is COc1cccc(-n2cc(CNC(=O)c3cn(Cc4ccccc4)cc(C(=O)NC4CC4)c3=O)cn2)c1. The fourth-order valence-electron chi connectivity index (χ4n) is 3.95. The van der Waals surface area contributed by atoms with Crippen LogP contribution in [0.3, 0.4) is 0 Å². The summed E-state index contributed by atoms with van der Waals surface area (Å²) >= 11 is 0. The zero-order valence-electron chi connectivity index (χ0n) is 20.4. The molecule has 0 spiro atoms. The fourth-order valence-corrected chi connectivity index (χ4v) is 3.95. The predicted molar refractivity (Wildman–Crippen MR) is 138 cm³/mol. The Morgan fingerprint density at radius 3 is 2.46 bits per heavy atom. The van der Waals surface area contributed by atoms with Crippen LogP contribution < -0.4 is 20.8 Å². The standard InChI is InChI=1S/C28H27N5O4/c1-37-23-9-5-8-22(12-23)33-16-20(14-30-33)13-29-27(35)24-17-32(15-19-6-3-2-4-7-19)18-25(26(24)34)28(36)31-21-10-11-21/h2-9,12,14,16-18,21H,10-11,13,15H2,1H3,(H,29,35)(H,31,36). The second-order valence-corrected chi connectivity index (χ2v) is 9.00. The summed E-state index contributed by atoms with van der Waals surface area (Å²) in [6, 6.07) is 17.2. The molecule has 2 amide bonds. The van der Waals surface area contributed by atoms with Gasteiger partial charge in [0.25, 0.3) is 11.8 Å². The molecule has 0 aliphatic heterocycles. The monoisotopic (exact) mass is 497 g/mol. The maximum atomic E-state index is 13.2. The highest BCUT2D eigenvalue weighted by Crippen LogP contribution is 2.19. The summed E-state index contributed by atoms with van der Waals surface area (Å²) in [5.41, 5.74) is 1.84. The molecular weight excluding hydrogens is 470 g/mol. The van der Waals surface area contributed by atoms with E-state index in [1.807, 2.05) is 54.6 Å². The molecule has 4 aromatic rings. The number of carbonyl (C=O) groups excluding carboxylic acids is 2. The largest absolute Gasteiger partial charge is 0.497 e. The van der Waals surface area contributed by atoms with Crippen LogP contribution in [0.15, 0.2) is 84.2 Å². The third-order valence-electron chi connectivity index (χ3n) is 6.10. The van der Waals surface area contributed by atoms with Crippen LogP contribution in [0, 0.1) is 0 Å². The van der Waals surface area contributed by atoms with Gasteiger partial charge in [-0.25, -0.2) is 4.68 Å². The molecule has 2 heterocycles. The van der Waals surface area contributed by atoms with Crippen LogP contribution in [-0.4, -0.2) is 39.3 Å². The first-order valence-corrected chi connectivity index (χ1v) is 12.0. The van der Waals surface area contributed by atoms with E-state index < -0.39 is 17.2 Å². The minimum atomic E-state index is -0.591. The van der Waals surface area contributed by atoms with Gasteiger partial charge < -0.3 is 19.9 Å². The highest BCUT2D eigenvalue weighted by atomic mass is 16.5. The van der Waals surface area contributed by atoms with Gasteiger partial charge in [-0.3, -0.25) is 14.4 Å². The molecule has 5 rings (SSSR count). The fraction of sp³-hybridized carbons (Fsp3) is 0.214. The summed E-state index contributed by atoms with van der Waals surface area (Å²) in [5.74, 6) is -0.300. The van der Waals surface area contributed by atoms with Crippen LogP contribution >= 0.6 is 0 Å². The van der Waals surface area contributed by atoms with Gasteiger partial charge in [0.1, 0.15) is 16.9 Å². The molecule has 0 radical (unpaired) electrons. The van der Waals surface area contributed by atoms with Crippen molar-refractivity contribution in [3.63, 3.8) is 0 Å². The number of nitrogens with one attached hydrogen (secondary N) is 2. The number of amides is 2. The molecule has 188 valence electrons. The molecule has 9 nitrogen and oxygen atoms in total. The molecule has 2 aromatic carbocycles. The van der Waals surface area contributed by atoms with Crippen molar-refractivity contribution in [1.82, 2.24) is 25.0 Å². The Bertz CT molecular complexity index is 1490. The van der Waals surface area contributed by atoms with E-state index in [1.165, 1.54) is 12.4 Å². The smallest absolute Gasteiger partial charge is 0.257 e. The lowest BCUT2D eigenvalue weighted by atomic mass is 10.1. The normalized spacial score (nSPS) is 12.7. The van der Waals surface area contributed by atoms with E-state index in [0.29, 0.717) is 12.3 Å². The number of benzene rings is 2. The molecule has 0 saturated heterocycles. The number of methoxy groups -OCH3 is 1. The number of aromatic nitrogens is 3. The number of hydrogen-bond acceptors (Lipinski definition) is 5. The Labute approximate surface area is 213 Å². The molecule has 1 fully saturated rings. The van der Waals surface area contributed by atoms with Crippen molar-refractivity contribution in [3.8, 4) is 11.4 Å². The van der Waals surface area contributed by atoms with Gasteiger partial charge in [-0.2, -0.15) is 5.10 Å². The summed E-state index contributed by atoms with van der Waals surface area (Å²) in [7, 11) is 1.60. The summed E-state index contributed by atoms with van der Waals surface area (Å²) in [6.45, 7) is 0.581. The summed E-state index contributed by atoms with van der Waals surface area (Å²) in [6.07, 6.45) is 8.25. The summed E-state index contributed by atoms with van der Waals surface area (Å²) < 4.78 is 8.65. The molecule has 0 bridgehead atoms. The van der Waals surface area contributed by atoms with Crippen molar-refractivity contribution in [3.05, 3.63) is 112 Å². The quantitative estimate of drug-likeness (QED) is 0.370. The molecular formula is C28H27N5O4. The van der Waals surface area contributed by atoms with E-state index in [0.717, 1.165) is 29.7 Å². The van der Waals surface area contributed by atoms with Crippen molar-refractivity contribution in [2.45, 2.75) is 32.0 Å². The number of pyridine rings is 1. The number of ether oxygens (including phenoxy) is 1. The van der Waals surface area contributed by atoms with Crippen molar-refractivity contribution in [1.29, 1.82) is 0 Å². The first-order chi connectivity index (χ1) is 18.0. The van der Waals surface area contributed by atoms with Crippen LogP contribution in [0.4, 0.5) is 0 Å². The first kappa shape index (κ1) is 24.1. The molecule has 1 aliphatic carbocycles. The third kappa shape index (κ3) is 5.78. The zero-order valence-corrected chi connectivity index (χ0v) is 20.4. The van der Waals surface area contributed by atoms with E-state index >= 15 is 0 Å². The van der Waals surface area contributed by atoms with Gasteiger partial charge in [0.05, 0.1) is 19.0 Å². The Kier molecular flexibility index (Phi) is 6.85. The molecule has 9 heteroatoms. The van der Waals surface area contributed by atoms with Crippen LogP contribution in [0.5, 0.6) is 5.75 Å². The molecule has 1 saturated carbocycles. The van der Waals surface area contributed by atoms with Crippen molar-refractivity contribution in [2.24, 2.45) is 0 Å². The Morgan fingerprint density at radius 1 is 0.973 bits per heavy atom. The molecule has 37 heavy (non-hydrogen) atoms. The van der Waals surface area contributed by atoms with Gasteiger partial charge in [0, 0.05) is 49.4 Å². The number of hydrogen-bond donors (Lipinski definition) is 2. The maximum Gasteiger partial charge on any atom is 0.257 e. The number of nitrogens with zero attached hydrogens (tertiary/aromatic N) is 3. The average Bonchev–Trinajstić information content (AvgIpc) is 3.61. The molecule has 0 unspecified atom stereocenters. The number of carbonyl (C=O) groups is 2.